The molecule has 1 N–H and O–H groups in total. The molecule has 2 amide bonds. The number of aryl methyl sites for hydroxylation is 1. The molecule has 0 bridgehead atoms. The Morgan fingerprint density at radius 3 is 2.23 bits per heavy atom. The maximum absolute atomic E-state index is 13.2. The molecule has 9 heteroatoms. The van der Waals surface area contributed by atoms with Crippen LogP contribution in [0.15, 0.2) is 53.4 Å². The fourth-order valence-electron chi connectivity index (χ4n) is 4.60. The number of rotatable bonds is 7. The van der Waals surface area contributed by atoms with Crippen molar-refractivity contribution in [2.24, 2.45) is 0 Å². The average Bonchev–Trinajstić information content (AvgIpc) is 2.89. The van der Waals surface area contributed by atoms with Crippen molar-refractivity contribution in [2.75, 3.05) is 45.8 Å². The average molecular weight is 499 g/mol. The number of nitrogens with zero attached hydrogens (tertiary/aromatic N) is 3. The van der Waals surface area contributed by atoms with Crippen molar-refractivity contribution >= 4 is 21.8 Å². The van der Waals surface area contributed by atoms with Crippen molar-refractivity contribution < 1.29 is 18.0 Å². The molecule has 0 radical (unpaired) electrons. The van der Waals surface area contributed by atoms with Crippen LogP contribution < -0.4 is 4.72 Å². The summed E-state index contributed by atoms with van der Waals surface area (Å²) in [6.07, 6.45) is 3.34. The van der Waals surface area contributed by atoms with E-state index in [9.17, 15) is 18.0 Å². The van der Waals surface area contributed by atoms with Crippen molar-refractivity contribution in [3.63, 3.8) is 0 Å². The third-order valence-electron chi connectivity index (χ3n) is 6.76. The van der Waals surface area contributed by atoms with Crippen LogP contribution in [0.25, 0.3) is 0 Å². The summed E-state index contributed by atoms with van der Waals surface area (Å²) in [7, 11) is -3.78. The quantitative estimate of drug-likeness (QED) is 0.633. The van der Waals surface area contributed by atoms with E-state index in [1.807, 2.05) is 35.2 Å². The van der Waals surface area contributed by atoms with Crippen LogP contribution in [0.1, 0.15) is 40.7 Å². The molecule has 2 heterocycles. The van der Waals surface area contributed by atoms with E-state index in [1.165, 1.54) is 12.5 Å². The van der Waals surface area contributed by atoms with Gasteiger partial charge in [-0.2, -0.15) is 0 Å². The number of amides is 2. The van der Waals surface area contributed by atoms with Gasteiger partial charge in [-0.15, -0.1) is 0 Å². The van der Waals surface area contributed by atoms with Gasteiger partial charge in [0.15, 0.2) is 0 Å². The van der Waals surface area contributed by atoms with E-state index < -0.39 is 10.0 Å². The van der Waals surface area contributed by atoms with Crippen LogP contribution in [-0.2, 0) is 21.4 Å². The van der Waals surface area contributed by atoms with Crippen molar-refractivity contribution in [3.05, 3.63) is 65.2 Å². The molecule has 0 atom stereocenters. The van der Waals surface area contributed by atoms with Crippen LogP contribution in [0.5, 0.6) is 0 Å². The van der Waals surface area contributed by atoms with Crippen molar-refractivity contribution in [1.29, 1.82) is 0 Å². The Labute approximate surface area is 207 Å². The largest absolute Gasteiger partial charge is 0.342 e. The van der Waals surface area contributed by atoms with E-state index in [2.05, 4.69) is 9.62 Å². The number of hydrogen-bond donors (Lipinski definition) is 1. The minimum absolute atomic E-state index is 0.116. The zero-order valence-electron chi connectivity index (χ0n) is 20.3. The van der Waals surface area contributed by atoms with Crippen molar-refractivity contribution in [2.45, 2.75) is 37.6 Å². The summed E-state index contributed by atoms with van der Waals surface area (Å²) in [6.45, 7) is 6.25. The molecule has 4 rings (SSSR count). The fraction of sp³-hybridized carbons (Fsp3) is 0.462. The normalized spacial score (nSPS) is 17.4. The number of likely N-dealkylation sites (tertiary alicyclic amines) is 1. The number of piperazine rings is 1. The minimum Gasteiger partial charge on any atom is -0.342 e. The Morgan fingerprint density at radius 1 is 0.857 bits per heavy atom. The summed E-state index contributed by atoms with van der Waals surface area (Å²) >= 11 is 0. The lowest BCUT2D eigenvalue weighted by Gasteiger charge is -2.36. The summed E-state index contributed by atoms with van der Waals surface area (Å²) < 4.78 is 28.6. The molecule has 35 heavy (non-hydrogen) atoms. The fourth-order valence-corrected chi connectivity index (χ4v) is 5.89. The SMILES string of the molecule is Cc1ccc(C(=O)N2CCN(CC(=O)N3CCCCC3)CC2)cc1S(=O)(=O)NCc1ccccc1. The van der Waals surface area contributed by atoms with Crippen molar-refractivity contribution in [1.82, 2.24) is 19.4 Å². The first-order valence-electron chi connectivity index (χ1n) is 12.3. The van der Waals surface area contributed by atoms with Crippen LogP contribution in [0, 0.1) is 6.92 Å². The van der Waals surface area contributed by atoms with Crippen LogP contribution in [-0.4, -0.2) is 80.7 Å². The number of sulfonamides is 1. The highest BCUT2D eigenvalue weighted by Gasteiger charge is 2.26. The van der Waals surface area contributed by atoms with Gasteiger partial charge >= 0.3 is 0 Å². The zero-order valence-corrected chi connectivity index (χ0v) is 21.1. The van der Waals surface area contributed by atoms with Crippen molar-refractivity contribution in [3.8, 4) is 0 Å². The second-order valence-electron chi connectivity index (χ2n) is 9.30. The van der Waals surface area contributed by atoms with Gasteiger partial charge < -0.3 is 9.80 Å². The van der Waals surface area contributed by atoms with Crippen LogP contribution >= 0.6 is 0 Å². The first-order valence-corrected chi connectivity index (χ1v) is 13.8. The Kier molecular flexibility index (Phi) is 8.20. The Morgan fingerprint density at radius 2 is 1.54 bits per heavy atom. The summed E-state index contributed by atoms with van der Waals surface area (Å²) in [5.74, 6) is -0.0209. The van der Waals surface area contributed by atoms with Gasteiger partial charge in [0.2, 0.25) is 15.9 Å². The molecule has 188 valence electrons. The topological polar surface area (TPSA) is 90.0 Å². The molecule has 0 aromatic heterocycles. The summed E-state index contributed by atoms with van der Waals surface area (Å²) in [4.78, 5) is 31.6. The molecular formula is C26H34N4O4S. The Hall–Kier alpha value is -2.75. The van der Waals surface area contributed by atoms with Gasteiger partial charge in [0.05, 0.1) is 11.4 Å². The standard InChI is InChI=1S/C26H34N4O4S/c1-21-10-11-23(18-24(21)35(33,34)27-19-22-8-4-2-5-9-22)26(32)30-16-14-28(15-17-30)20-25(31)29-12-6-3-7-13-29/h2,4-5,8-11,18,27H,3,6-7,12-17,19-20H2,1H3. The number of hydrogen-bond acceptors (Lipinski definition) is 5. The predicted molar refractivity (Wildman–Crippen MR) is 134 cm³/mol. The van der Waals surface area contributed by atoms with Gasteiger partial charge in [0, 0.05) is 51.4 Å². The number of carbonyl (C=O) groups is 2. The van der Waals surface area contributed by atoms with Crippen LogP contribution in [0.2, 0.25) is 0 Å². The second-order valence-corrected chi connectivity index (χ2v) is 11.0. The third-order valence-corrected chi connectivity index (χ3v) is 8.30. The lowest BCUT2D eigenvalue weighted by Crippen LogP contribution is -2.52. The molecule has 0 spiro atoms. The summed E-state index contributed by atoms with van der Waals surface area (Å²) in [5, 5.41) is 0. The van der Waals surface area contributed by atoms with Gasteiger partial charge in [0.1, 0.15) is 0 Å². The van der Waals surface area contributed by atoms with Gasteiger partial charge in [-0.1, -0.05) is 36.4 Å². The first-order chi connectivity index (χ1) is 16.8. The maximum Gasteiger partial charge on any atom is 0.253 e. The highest BCUT2D eigenvalue weighted by Crippen LogP contribution is 2.20. The molecule has 0 unspecified atom stereocenters. The molecule has 0 aliphatic carbocycles. The summed E-state index contributed by atoms with van der Waals surface area (Å²) in [5.41, 5.74) is 1.80. The highest BCUT2D eigenvalue weighted by molar-refractivity contribution is 7.89. The van der Waals surface area contributed by atoms with Gasteiger partial charge in [-0.25, -0.2) is 13.1 Å². The van der Waals surface area contributed by atoms with E-state index in [1.54, 1.807) is 24.0 Å². The van der Waals surface area contributed by atoms with Gasteiger partial charge in [0.25, 0.3) is 5.91 Å². The van der Waals surface area contributed by atoms with Crippen LogP contribution in [0.3, 0.4) is 0 Å². The molecule has 2 saturated heterocycles. The number of nitrogens with one attached hydrogen (secondary N) is 1. The molecule has 0 saturated carbocycles. The van der Waals surface area contributed by atoms with E-state index in [-0.39, 0.29) is 23.3 Å². The van der Waals surface area contributed by atoms with E-state index in [4.69, 9.17) is 0 Å². The number of piperidine rings is 1. The lowest BCUT2D eigenvalue weighted by molar-refractivity contribution is -0.133. The first kappa shape index (κ1) is 25.3. The highest BCUT2D eigenvalue weighted by atomic mass is 32.2. The molecule has 2 aliphatic rings. The molecule has 8 nitrogen and oxygen atoms in total. The third kappa shape index (κ3) is 6.48. The predicted octanol–water partition coefficient (Wildman–Crippen LogP) is 2.24. The maximum atomic E-state index is 13.2. The zero-order chi connectivity index (χ0) is 24.8. The van der Waals surface area contributed by atoms with E-state index >= 15 is 0 Å². The van der Waals surface area contributed by atoms with Crippen LogP contribution in [0.4, 0.5) is 0 Å². The summed E-state index contributed by atoms with van der Waals surface area (Å²) in [6, 6.07) is 14.1. The smallest absolute Gasteiger partial charge is 0.253 e. The molecule has 2 fully saturated rings. The second kappa shape index (κ2) is 11.3. The Bertz CT molecular complexity index is 1140. The van der Waals surface area contributed by atoms with Gasteiger partial charge in [-0.3, -0.25) is 14.5 Å². The lowest BCUT2D eigenvalue weighted by atomic mass is 10.1. The molecule has 2 aliphatic heterocycles. The molecule has 2 aromatic rings. The monoisotopic (exact) mass is 498 g/mol. The molecule has 2 aromatic carbocycles. The van der Waals surface area contributed by atoms with E-state index in [0.717, 1.165) is 31.5 Å². The number of benzene rings is 2. The van der Waals surface area contributed by atoms with E-state index in [0.29, 0.717) is 43.9 Å². The minimum atomic E-state index is -3.78. The number of carbonyl (C=O) groups excluding carboxylic acids is 2. The molecular weight excluding hydrogens is 464 g/mol. The van der Waals surface area contributed by atoms with Gasteiger partial charge in [-0.05, 0) is 49.4 Å². The Balaban J connectivity index is 1.36.